The Morgan fingerprint density at radius 1 is 1.35 bits per heavy atom. The fourth-order valence-corrected chi connectivity index (χ4v) is 1.44. The van der Waals surface area contributed by atoms with Crippen LogP contribution in [0.3, 0.4) is 0 Å². The van der Waals surface area contributed by atoms with Crippen molar-refractivity contribution >= 4 is 11.7 Å². The maximum atomic E-state index is 12.6. The number of aromatic carboxylic acids is 1. The zero-order valence-electron chi connectivity index (χ0n) is 8.90. The Hall–Kier alpha value is -2.30. The Balaban J connectivity index is 1.97. The first-order valence-electron chi connectivity index (χ1n) is 5.05. The van der Waals surface area contributed by atoms with E-state index in [1.54, 1.807) is 24.4 Å². The number of anilines is 1. The number of carboxylic acid groups (broad SMARTS) is 1. The third-order valence-electron chi connectivity index (χ3n) is 2.31. The van der Waals surface area contributed by atoms with E-state index in [1.807, 2.05) is 0 Å². The number of hydrogen-bond acceptors (Lipinski definition) is 2. The number of aromatic nitrogens is 1. The van der Waals surface area contributed by atoms with Crippen molar-refractivity contribution in [3.8, 4) is 0 Å². The molecule has 2 rings (SSSR count). The van der Waals surface area contributed by atoms with Crippen LogP contribution in [0, 0.1) is 5.82 Å². The Kier molecular flexibility index (Phi) is 3.09. The van der Waals surface area contributed by atoms with Crippen LogP contribution >= 0.6 is 0 Å². The Morgan fingerprint density at radius 2 is 2.06 bits per heavy atom. The van der Waals surface area contributed by atoms with Gasteiger partial charge in [-0.25, -0.2) is 9.18 Å². The summed E-state index contributed by atoms with van der Waals surface area (Å²) in [6.45, 7) is 0.482. The van der Waals surface area contributed by atoms with E-state index in [9.17, 15) is 9.18 Å². The van der Waals surface area contributed by atoms with Crippen molar-refractivity contribution in [3.05, 3.63) is 53.6 Å². The van der Waals surface area contributed by atoms with E-state index in [4.69, 9.17) is 5.11 Å². The third-order valence-corrected chi connectivity index (χ3v) is 2.31. The Morgan fingerprint density at radius 3 is 2.65 bits per heavy atom. The average Bonchev–Trinajstić information content (AvgIpc) is 2.77. The molecule has 1 aromatic heterocycles. The number of aromatic amines is 1. The molecule has 0 saturated carbocycles. The summed E-state index contributed by atoms with van der Waals surface area (Å²) in [4.78, 5) is 13.3. The first kappa shape index (κ1) is 11.2. The van der Waals surface area contributed by atoms with Gasteiger partial charge in [0.1, 0.15) is 11.5 Å². The van der Waals surface area contributed by atoms with Gasteiger partial charge in [-0.2, -0.15) is 0 Å². The van der Waals surface area contributed by atoms with Crippen LogP contribution < -0.4 is 5.32 Å². The minimum absolute atomic E-state index is 0.154. The number of H-pyrrole nitrogens is 1. The molecule has 17 heavy (non-hydrogen) atoms. The maximum absolute atomic E-state index is 12.6. The lowest BCUT2D eigenvalue weighted by Gasteiger charge is -2.03. The fourth-order valence-electron chi connectivity index (χ4n) is 1.44. The lowest BCUT2D eigenvalue weighted by Crippen LogP contribution is -1.98. The second-order valence-electron chi connectivity index (χ2n) is 3.59. The SMILES string of the molecule is O=C(O)c1cc(CNc2ccc(F)cc2)c[nH]1. The zero-order chi connectivity index (χ0) is 12.3. The molecule has 0 spiro atoms. The number of nitrogens with one attached hydrogen (secondary N) is 2. The van der Waals surface area contributed by atoms with Crippen LogP contribution in [0.25, 0.3) is 0 Å². The zero-order valence-corrected chi connectivity index (χ0v) is 8.90. The molecular weight excluding hydrogens is 223 g/mol. The topological polar surface area (TPSA) is 65.1 Å². The highest BCUT2D eigenvalue weighted by Crippen LogP contribution is 2.11. The molecule has 0 atom stereocenters. The number of carbonyl (C=O) groups is 1. The number of hydrogen-bond donors (Lipinski definition) is 3. The van der Waals surface area contributed by atoms with Crippen LogP contribution in [-0.4, -0.2) is 16.1 Å². The van der Waals surface area contributed by atoms with Gasteiger partial charge in [0.25, 0.3) is 0 Å². The summed E-state index contributed by atoms with van der Waals surface area (Å²) in [6, 6.07) is 7.53. The maximum Gasteiger partial charge on any atom is 0.352 e. The van der Waals surface area contributed by atoms with Crippen LogP contribution in [-0.2, 0) is 6.54 Å². The minimum Gasteiger partial charge on any atom is -0.477 e. The highest BCUT2D eigenvalue weighted by Gasteiger charge is 2.05. The Bertz CT molecular complexity index is 520. The van der Waals surface area contributed by atoms with E-state index in [-0.39, 0.29) is 11.5 Å². The molecule has 0 aliphatic carbocycles. The molecule has 0 aliphatic heterocycles. The molecule has 0 bridgehead atoms. The van der Waals surface area contributed by atoms with Gasteiger partial charge in [0.05, 0.1) is 0 Å². The molecule has 2 aromatic rings. The standard InChI is InChI=1S/C12H11FN2O2/c13-9-1-3-10(4-2-9)14-6-8-5-11(12(16)17)15-7-8/h1-5,7,14-15H,6H2,(H,16,17). The van der Waals surface area contributed by atoms with Gasteiger partial charge in [-0.05, 0) is 35.9 Å². The van der Waals surface area contributed by atoms with Gasteiger partial charge in [0.15, 0.2) is 0 Å². The Labute approximate surface area is 97.1 Å². The van der Waals surface area contributed by atoms with Crippen molar-refractivity contribution in [1.29, 1.82) is 0 Å². The summed E-state index contributed by atoms with van der Waals surface area (Å²) in [7, 11) is 0. The van der Waals surface area contributed by atoms with Crippen LogP contribution in [0.1, 0.15) is 16.1 Å². The number of carboxylic acids is 1. The van der Waals surface area contributed by atoms with Gasteiger partial charge in [-0.15, -0.1) is 0 Å². The first-order chi connectivity index (χ1) is 8.15. The van der Waals surface area contributed by atoms with Gasteiger partial charge in [-0.3, -0.25) is 0 Å². The highest BCUT2D eigenvalue weighted by atomic mass is 19.1. The minimum atomic E-state index is -0.988. The number of rotatable bonds is 4. The van der Waals surface area contributed by atoms with Crippen LogP contribution in [0.4, 0.5) is 10.1 Å². The molecule has 0 radical (unpaired) electrons. The van der Waals surface area contributed by atoms with Gasteiger partial charge < -0.3 is 15.4 Å². The molecule has 0 unspecified atom stereocenters. The quantitative estimate of drug-likeness (QED) is 0.761. The highest BCUT2D eigenvalue weighted by molar-refractivity contribution is 5.85. The summed E-state index contributed by atoms with van der Waals surface area (Å²) in [5.41, 5.74) is 1.76. The molecular formula is C12H11FN2O2. The molecule has 88 valence electrons. The van der Waals surface area contributed by atoms with Crippen molar-refractivity contribution in [2.75, 3.05) is 5.32 Å². The predicted octanol–water partition coefficient (Wildman–Crippen LogP) is 2.46. The molecule has 0 amide bonds. The molecule has 4 nitrogen and oxygen atoms in total. The van der Waals surface area contributed by atoms with Crippen LogP contribution in [0.2, 0.25) is 0 Å². The summed E-state index contributed by atoms with van der Waals surface area (Å²) in [5, 5.41) is 11.8. The van der Waals surface area contributed by atoms with E-state index in [1.165, 1.54) is 12.1 Å². The van der Waals surface area contributed by atoms with Gasteiger partial charge in [-0.1, -0.05) is 0 Å². The third kappa shape index (κ3) is 2.84. The summed E-state index contributed by atoms with van der Waals surface area (Å²) >= 11 is 0. The molecule has 1 heterocycles. The van der Waals surface area contributed by atoms with Crippen LogP contribution in [0.15, 0.2) is 36.5 Å². The molecule has 1 aromatic carbocycles. The summed E-state index contributed by atoms with van der Waals surface area (Å²) in [5.74, 6) is -1.27. The summed E-state index contributed by atoms with van der Waals surface area (Å²) in [6.07, 6.45) is 1.62. The second-order valence-corrected chi connectivity index (χ2v) is 3.59. The largest absolute Gasteiger partial charge is 0.477 e. The smallest absolute Gasteiger partial charge is 0.352 e. The number of halogens is 1. The fraction of sp³-hybridized carbons (Fsp3) is 0.0833. The van der Waals surface area contributed by atoms with E-state index in [0.29, 0.717) is 6.54 Å². The number of benzene rings is 1. The lowest BCUT2D eigenvalue weighted by molar-refractivity contribution is 0.0691. The van der Waals surface area contributed by atoms with Crippen molar-refractivity contribution < 1.29 is 14.3 Å². The normalized spacial score (nSPS) is 10.2. The van der Waals surface area contributed by atoms with Crippen molar-refractivity contribution in [2.45, 2.75) is 6.54 Å². The monoisotopic (exact) mass is 234 g/mol. The first-order valence-corrected chi connectivity index (χ1v) is 5.05. The molecule has 3 N–H and O–H groups in total. The van der Waals surface area contributed by atoms with Gasteiger partial charge >= 0.3 is 5.97 Å². The van der Waals surface area contributed by atoms with E-state index < -0.39 is 5.97 Å². The molecule has 0 aliphatic rings. The van der Waals surface area contributed by atoms with E-state index in [2.05, 4.69) is 10.3 Å². The predicted molar refractivity (Wildman–Crippen MR) is 61.5 cm³/mol. The van der Waals surface area contributed by atoms with Crippen LogP contribution in [0.5, 0.6) is 0 Å². The second kappa shape index (κ2) is 4.69. The van der Waals surface area contributed by atoms with Crippen molar-refractivity contribution in [1.82, 2.24) is 4.98 Å². The van der Waals surface area contributed by atoms with E-state index >= 15 is 0 Å². The molecule has 0 saturated heterocycles. The van der Waals surface area contributed by atoms with Crippen molar-refractivity contribution in [3.63, 3.8) is 0 Å². The summed E-state index contributed by atoms with van der Waals surface area (Å²) < 4.78 is 12.6. The molecule has 5 heteroatoms. The average molecular weight is 234 g/mol. The van der Waals surface area contributed by atoms with E-state index in [0.717, 1.165) is 11.3 Å². The lowest BCUT2D eigenvalue weighted by atomic mass is 10.2. The molecule has 0 fully saturated rings. The van der Waals surface area contributed by atoms with Gasteiger partial charge in [0, 0.05) is 18.4 Å². The van der Waals surface area contributed by atoms with Gasteiger partial charge in [0.2, 0.25) is 0 Å². The van der Waals surface area contributed by atoms with Crippen molar-refractivity contribution in [2.24, 2.45) is 0 Å².